The molecule has 1 aliphatic rings. The topological polar surface area (TPSA) is 80.3 Å². The van der Waals surface area contributed by atoms with E-state index in [-0.39, 0.29) is 42.8 Å². The van der Waals surface area contributed by atoms with Crippen molar-refractivity contribution in [2.45, 2.75) is 52.4 Å². The lowest BCUT2D eigenvalue weighted by Crippen LogP contribution is -2.31. The van der Waals surface area contributed by atoms with Crippen molar-refractivity contribution in [3.8, 4) is 28.4 Å². The third kappa shape index (κ3) is 8.81. The highest BCUT2D eigenvalue weighted by Crippen LogP contribution is 2.35. The van der Waals surface area contributed by atoms with E-state index in [0.29, 0.717) is 23.5 Å². The summed E-state index contributed by atoms with van der Waals surface area (Å²) >= 11 is 0. The van der Waals surface area contributed by atoms with Gasteiger partial charge in [0.05, 0.1) is 19.1 Å². The van der Waals surface area contributed by atoms with Gasteiger partial charge in [-0.1, -0.05) is 57.7 Å². The highest BCUT2D eigenvalue weighted by atomic mass is 19.1. The molecule has 0 bridgehead atoms. The van der Waals surface area contributed by atoms with E-state index in [2.05, 4.69) is 13.5 Å². The Balaban J connectivity index is 1.67. The van der Waals surface area contributed by atoms with Gasteiger partial charge in [0.25, 0.3) is 0 Å². The molecule has 3 rings (SSSR count). The van der Waals surface area contributed by atoms with Gasteiger partial charge in [-0.05, 0) is 48.7 Å². The van der Waals surface area contributed by atoms with Crippen molar-refractivity contribution < 1.29 is 37.7 Å². The summed E-state index contributed by atoms with van der Waals surface area (Å²) in [4.78, 5) is 23.3. The second-order valence-corrected chi connectivity index (χ2v) is 9.14. The van der Waals surface area contributed by atoms with Gasteiger partial charge in [-0.2, -0.15) is 0 Å². The summed E-state index contributed by atoms with van der Waals surface area (Å²) in [6.45, 7) is 8.34. The van der Waals surface area contributed by atoms with Crippen molar-refractivity contribution in [1.29, 1.82) is 0 Å². The SMILES string of the molecule is C=C(C)C(=O)Oc1cc(-c2ccc(OCCCCCCCC)c(F)c2)ccc1OCC1COC(=O)OC1. The third-order valence-corrected chi connectivity index (χ3v) is 5.86. The van der Waals surface area contributed by atoms with E-state index in [9.17, 15) is 14.0 Å². The Morgan fingerprint density at radius 1 is 0.946 bits per heavy atom. The second kappa shape index (κ2) is 14.3. The summed E-state index contributed by atoms with van der Waals surface area (Å²) in [5.41, 5.74) is 1.45. The zero-order valence-electron chi connectivity index (χ0n) is 21.6. The molecule has 0 radical (unpaired) electrons. The van der Waals surface area contributed by atoms with Crippen LogP contribution in [-0.4, -0.2) is 38.6 Å². The van der Waals surface area contributed by atoms with E-state index in [1.165, 1.54) is 31.7 Å². The van der Waals surface area contributed by atoms with Crippen LogP contribution in [0.15, 0.2) is 48.6 Å². The third-order valence-electron chi connectivity index (χ3n) is 5.86. The van der Waals surface area contributed by atoms with Gasteiger partial charge < -0.3 is 23.7 Å². The number of hydrogen-bond acceptors (Lipinski definition) is 7. The Morgan fingerprint density at radius 2 is 1.59 bits per heavy atom. The van der Waals surface area contributed by atoms with Crippen molar-refractivity contribution in [3.05, 3.63) is 54.4 Å². The summed E-state index contributed by atoms with van der Waals surface area (Å²) in [7, 11) is 0. The molecule has 1 fully saturated rings. The number of ether oxygens (including phenoxy) is 5. The van der Waals surface area contributed by atoms with Gasteiger partial charge in [0.15, 0.2) is 23.1 Å². The largest absolute Gasteiger partial charge is 0.508 e. The minimum atomic E-state index is -0.706. The predicted octanol–water partition coefficient (Wildman–Crippen LogP) is 6.88. The van der Waals surface area contributed by atoms with Crippen molar-refractivity contribution in [2.75, 3.05) is 26.4 Å². The van der Waals surface area contributed by atoms with Gasteiger partial charge in [-0.25, -0.2) is 14.0 Å². The molecule has 0 unspecified atom stereocenters. The molecule has 2 aromatic carbocycles. The lowest BCUT2D eigenvalue weighted by molar-refractivity contribution is -0.130. The Bertz CT molecular complexity index is 1070. The summed E-state index contributed by atoms with van der Waals surface area (Å²) in [6.07, 6.45) is 6.08. The molecule has 0 saturated carbocycles. The van der Waals surface area contributed by atoms with E-state index in [1.54, 1.807) is 37.3 Å². The van der Waals surface area contributed by atoms with Crippen LogP contribution in [0.1, 0.15) is 52.4 Å². The van der Waals surface area contributed by atoms with Crippen LogP contribution in [0.5, 0.6) is 17.2 Å². The maximum Gasteiger partial charge on any atom is 0.508 e. The van der Waals surface area contributed by atoms with Gasteiger partial charge in [-0.3, -0.25) is 0 Å². The van der Waals surface area contributed by atoms with E-state index < -0.39 is 17.9 Å². The van der Waals surface area contributed by atoms with E-state index in [4.69, 9.17) is 23.7 Å². The van der Waals surface area contributed by atoms with E-state index in [0.717, 1.165) is 12.8 Å². The van der Waals surface area contributed by atoms with Crippen LogP contribution in [0, 0.1) is 11.7 Å². The van der Waals surface area contributed by atoms with Crippen LogP contribution >= 0.6 is 0 Å². The van der Waals surface area contributed by atoms with Crippen LogP contribution in [0.2, 0.25) is 0 Å². The number of cyclic esters (lactones) is 2. The van der Waals surface area contributed by atoms with Crippen LogP contribution in [0.25, 0.3) is 11.1 Å². The molecule has 0 N–H and O–H groups in total. The quantitative estimate of drug-likeness (QED) is 0.118. The average molecular weight is 515 g/mol. The van der Waals surface area contributed by atoms with Crippen molar-refractivity contribution in [3.63, 3.8) is 0 Å². The first kappa shape index (κ1) is 28.0. The molecule has 7 nitrogen and oxygen atoms in total. The number of rotatable bonds is 14. The fourth-order valence-corrected chi connectivity index (χ4v) is 3.70. The van der Waals surface area contributed by atoms with Crippen molar-refractivity contribution in [2.24, 2.45) is 5.92 Å². The first-order chi connectivity index (χ1) is 17.9. The molecule has 0 atom stereocenters. The van der Waals surface area contributed by atoms with Crippen LogP contribution < -0.4 is 14.2 Å². The molecule has 0 spiro atoms. The Morgan fingerprint density at radius 3 is 2.27 bits per heavy atom. The molecule has 37 heavy (non-hydrogen) atoms. The molecule has 1 saturated heterocycles. The monoisotopic (exact) mass is 514 g/mol. The maximum atomic E-state index is 14.8. The number of carbonyl (C=O) groups excluding carboxylic acids is 2. The molecular weight excluding hydrogens is 479 g/mol. The van der Waals surface area contributed by atoms with Crippen LogP contribution in [-0.2, 0) is 14.3 Å². The van der Waals surface area contributed by atoms with Gasteiger partial charge in [0.2, 0.25) is 0 Å². The minimum absolute atomic E-state index is 0.167. The standard InChI is InChI=1S/C29H35FO7/c1-4-5-6-7-8-9-14-33-25-12-10-22(15-24(25)30)23-11-13-26(27(16-23)37-28(31)20(2)3)34-17-21-18-35-29(32)36-19-21/h10-13,15-16,21H,2,4-9,14,17-19H2,1,3H3. The Hall–Kier alpha value is -3.55. The number of benzene rings is 2. The van der Waals surface area contributed by atoms with E-state index >= 15 is 0 Å². The van der Waals surface area contributed by atoms with Gasteiger partial charge in [0.1, 0.15) is 13.2 Å². The molecule has 2 aromatic rings. The zero-order chi connectivity index (χ0) is 26.6. The fraction of sp³-hybridized carbons (Fsp3) is 0.448. The summed E-state index contributed by atoms with van der Waals surface area (Å²) in [5.74, 6) is -0.544. The normalized spacial score (nSPS) is 13.4. The summed E-state index contributed by atoms with van der Waals surface area (Å²) in [6, 6.07) is 9.76. The smallest absolute Gasteiger partial charge is 0.491 e. The zero-order valence-corrected chi connectivity index (χ0v) is 21.6. The molecule has 200 valence electrons. The number of esters is 1. The fourth-order valence-electron chi connectivity index (χ4n) is 3.70. The maximum absolute atomic E-state index is 14.8. The molecule has 1 aliphatic heterocycles. The minimum Gasteiger partial charge on any atom is -0.491 e. The first-order valence-corrected chi connectivity index (χ1v) is 12.7. The molecule has 8 heteroatoms. The predicted molar refractivity (Wildman–Crippen MR) is 137 cm³/mol. The molecule has 1 heterocycles. The van der Waals surface area contributed by atoms with Crippen molar-refractivity contribution >= 4 is 12.1 Å². The highest BCUT2D eigenvalue weighted by Gasteiger charge is 2.23. The molecular formula is C29H35FO7. The molecule has 0 amide bonds. The van der Waals surface area contributed by atoms with Gasteiger partial charge in [-0.15, -0.1) is 0 Å². The van der Waals surface area contributed by atoms with Crippen LogP contribution in [0.4, 0.5) is 9.18 Å². The molecule has 0 aromatic heterocycles. The number of hydrogen-bond donors (Lipinski definition) is 0. The summed E-state index contributed by atoms with van der Waals surface area (Å²) < 4.78 is 41.5. The summed E-state index contributed by atoms with van der Waals surface area (Å²) in [5, 5.41) is 0. The Kier molecular flexibility index (Phi) is 10.8. The second-order valence-electron chi connectivity index (χ2n) is 9.14. The average Bonchev–Trinajstić information content (AvgIpc) is 2.89. The number of halogens is 1. The molecule has 0 aliphatic carbocycles. The highest BCUT2D eigenvalue weighted by molar-refractivity contribution is 5.89. The Labute approximate surface area is 217 Å². The van der Waals surface area contributed by atoms with Gasteiger partial charge in [0, 0.05) is 5.57 Å². The number of carbonyl (C=O) groups is 2. The lowest BCUT2D eigenvalue weighted by Gasteiger charge is -2.22. The van der Waals surface area contributed by atoms with E-state index in [1.807, 2.05) is 0 Å². The van der Waals surface area contributed by atoms with Crippen molar-refractivity contribution in [1.82, 2.24) is 0 Å². The first-order valence-electron chi connectivity index (χ1n) is 12.7. The van der Waals surface area contributed by atoms with Crippen LogP contribution in [0.3, 0.4) is 0 Å². The van der Waals surface area contributed by atoms with Gasteiger partial charge >= 0.3 is 12.1 Å². The lowest BCUT2D eigenvalue weighted by atomic mass is 10.0. The number of unbranched alkanes of at least 4 members (excludes halogenated alkanes) is 5.